The van der Waals surface area contributed by atoms with Crippen LogP contribution in [0, 0.1) is 0 Å². The first-order valence-electron chi connectivity index (χ1n) is 9.36. The number of rotatable bonds is 2. The van der Waals surface area contributed by atoms with Gasteiger partial charge in [-0.1, -0.05) is 0 Å². The summed E-state index contributed by atoms with van der Waals surface area (Å²) in [4.78, 5) is 22.1. The number of benzene rings is 2. The Morgan fingerprint density at radius 2 is 1.68 bits per heavy atom. The van der Waals surface area contributed by atoms with Crippen molar-refractivity contribution in [2.45, 2.75) is 0 Å². The molecular weight excluding hydrogens is 354 g/mol. The van der Waals surface area contributed by atoms with Gasteiger partial charge in [-0.25, -0.2) is 4.68 Å². The van der Waals surface area contributed by atoms with Crippen molar-refractivity contribution in [1.82, 2.24) is 19.7 Å². The lowest BCUT2D eigenvalue weighted by atomic mass is 10.1. The predicted octanol–water partition coefficient (Wildman–Crippen LogP) is 2.32. The van der Waals surface area contributed by atoms with Crippen molar-refractivity contribution in [2.24, 2.45) is 0 Å². The van der Waals surface area contributed by atoms with E-state index in [1.165, 1.54) is 4.68 Å². The number of aromatic hydroxyl groups is 1. The molecule has 1 aliphatic rings. The molecule has 0 atom stereocenters. The molecule has 1 aliphatic heterocycles. The zero-order chi connectivity index (χ0) is 19.3. The van der Waals surface area contributed by atoms with Gasteiger partial charge in [0, 0.05) is 43.4 Å². The second kappa shape index (κ2) is 6.38. The van der Waals surface area contributed by atoms with Crippen molar-refractivity contribution in [3.63, 3.8) is 0 Å². The second-order valence-electron chi connectivity index (χ2n) is 7.31. The number of nitrogens with one attached hydrogen (secondary N) is 1. The number of aromatic nitrogens is 3. The standard InChI is InChI=1S/C21H21N5O2/c1-24-8-10-25(11-9-24)15-4-7-19-17(12-15)20-18(13-22-19)21(28)26(23-20)14-2-5-16(27)6-3-14/h2-7,12-13,23,27H,8-11H2,1H3. The molecule has 0 radical (unpaired) electrons. The number of likely N-dealkylation sites (N-methyl/N-ethyl adjacent to an activating group) is 1. The fourth-order valence-electron chi connectivity index (χ4n) is 3.79. The molecular formula is C21H21N5O2. The molecule has 2 aromatic heterocycles. The van der Waals surface area contributed by atoms with E-state index in [0.717, 1.165) is 48.3 Å². The number of hydrogen-bond acceptors (Lipinski definition) is 5. The monoisotopic (exact) mass is 375 g/mol. The van der Waals surface area contributed by atoms with Crippen LogP contribution in [-0.2, 0) is 0 Å². The summed E-state index contributed by atoms with van der Waals surface area (Å²) in [5.74, 6) is 0.164. The van der Waals surface area contributed by atoms with Crippen molar-refractivity contribution >= 4 is 27.5 Å². The van der Waals surface area contributed by atoms with Gasteiger partial charge in [0.2, 0.25) is 0 Å². The minimum absolute atomic E-state index is 0.153. The Hall–Kier alpha value is -3.32. The number of phenolic OH excluding ortho intramolecular Hbond substituents is 1. The fraction of sp³-hybridized carbons (Fsp3) is 0.238. The van der Waals surface area contributed by atoms with Crippen LogP contribution >= 0.6 is 0 Å². The molecule has 7 heteroatoms. The quantitative estimate of drug-likeness (QED) is 0.562. The number of hydrogen-bond donors (Lipinski definition) is 2. The molecule has 3 heterocycles. The molecule has 2 aromatic carbocycles. The predicted molar refractivity (Wildman–Crippen MR) is 111 cm³/mol. The van der Waals surface area contributed by atoms with Crippen molar-refractivity contribution < 1.29 is 5.11 Å². The van der Waals surface area contributed by atoms with Crippen LogP contribution in [0.15, 0.2) is 53.5 Å². The molecule has 7 nitrogen and oxygen atoms in total. The van der Waals surface area contributed by atoms with Crippen LogP contribution in [0.4, 0.5) is 5.69 Å². The molecule has 5 rings (SSSR count). The van der Waals surface area contributed by atoms with E-state index in [9.17, 15) is 9.90 Å². The van der Waals surface area contributed by atoms with Gasteiger partial charge in [-0.2, -0.15) is 0 Å². The van der Waals surface area contributed by atoms with Crippen LogP contribution in [0.25, 0.3) is 27.5 Å². The zero-order valence-corrected chi connectivity index (χ0v) is 15.6. The second-order valence-corrected chi connectivity index (χ2v) is 7.31. The highest BCUT2D eigenvalue weighted by Gasteiger charge is 2.17. The average molecular weight is 375 g/mol. The van der Waals surface area contributed by atoms with E-state index < -0.39 is 0 Å². The molecule has 0 spiro atoms. The highest BCUT2D eigenvalue weighted by Crippen LogP contribution is 2.27. The van der Waals surface area contributed by atoms with Crippen LogP contribution in [0.3, 0.4) is 0 Å². The van der Waals surface area contributed by atoms with Gasteiger partial charge in [-0.3, -0.25) is 14.9 Å². The fourth-order valence-corrected chi connectivity index (χ4v) is 3.79. The lowest BCUT2D eigenvalue weighted by Gasteiger charge is -2.34. The van der Waals surface area contributed by atoms with Gasteiger partial charge in [0.25, 0.3) is 5.56 Å². The summed E-state index contributed by atoms with van der Waals surface area (Å²) in [6.07, 6.45) is 1.63. The van der Waals surface area contributed by atoms with Crippen molar-refractivity contribution in [3.05, 3.63) is 59.0 Å². The molecule has 142 valence electrons. The Kier molecular flexibility index (Phi) is 3.84. The molecule has 0 saturated carbocycles. The number of H-pyrrole nitrogens is 1. The van der Waals surface area contributed by atoms with Crippen molar-refractivity contribution in [2.75, 3.05) is 38.1 Å². The van der Waals surface area contributed by atoms with E-state index in [2.05, 4.69) is 39.1 Å². The smallest absolute Gasteiger partial charge is 0.280 e. The molecule has 0 aliphatic carbocycles. The molecule has 1 saturated heterocycles. The normalized spacial score (nSPS) is 15.5. The summed E-state index contributed by atoms with van der Waals surface area (Å²) in [6, 6.07) is 12.8. The maximum Gasteiger partial charge on any atom is 0.280 e. The molecule has 0 amide bonds. The Morgan fingerprint density at radius 3 is 2.43 bits per heavy atom. The topological polar surface area (TPSA) is 77.4 Å². The molecule has 0 unspecified atom stereocenters. The van der Waals surface area contributed by atoms with Gasteiger partial charge < -0.3 is 14.9 Å². The van der Waals surface area contributed by atoms with E-state index in [4.69, 9.17) is 0 Å². The third-order valence-electron chi connectivity index (χ3n) is 5.48. The lowest BCUT2D eigenvalue weighted by Crippen LogP contribution is -2.44. The van der Waals surface area contributed by atoms with Gasteiger partial charge in [0.15, 0.2) is 0 Å². The third kappa shape index (κ3) is 2.71. The maximum atomic E-state index is 12.9. The summed E-state index contributed by atoms with van der Waals surface area (Å²) < 4.78 is 1.49. The number of aromatic amines is 1. The Morgan fingerprint density at radius 1 is 0.964 bits per heavy atom. The lowest BCUT2D eigenvalue weighted by molar-refractivity contribution is 0.313. The van der Waals surface area contributed by atoms with Gasteiger partial charge >= 0.3 is 0 Å². The first-order valence-corrected chi connectivity index (χ1v) is 9.36. The molecule has 1 fully saturated rings. The highest BCUT2D eigenvalue weighted by atomic mass is 16.3. The number of nitrogens with zero attached hydrogens (tertiary/aromatic N) is 4. The molecule has 4 aromatic rings. The van der Waals surface area contributed by atoms with E-state index in [-0.39, 0.29) is 11.3 Å². The number of piperazine rings is 1. The summed E-state index contributed by atoms with van der Waals surface area (Å²) in [5.41, 5.74) is 3.29. The molecule has 2 N–H and O–H groups in total. The van der Waals surface area contributed by atoms with E-state index in [0.29, 0.717) is 11.1 Å². The highest BCUT2D eigenvalue weighted by molar-refractivity contribution is 6.04. The zero-order valence-electron chi connectivity index (χ0n) is 15.6. The number of phenols is 1. The number of anilines is 1. The van der Waals surface area contributed by atoms with Crippen molar-refractivity contribution in [1.29, 1.82) is 0 Å². The van der Waals surface area contributed by atoms with Crippen LogP contribution in [0.1, 0.15) is 0 Å². The maximum absolute atomic E-state index is 12.9. The van der Waals surface area contributed by atoms with Gasteiger partial charge in [0.05, 0.1) is 22.1 Å². The van der Waals surface area contributed by atoms with E-state index in [1.807, 2.05) is 6.07 Å². The molecule has 28 heavy (non-hydrogen) atoms. The summed E-state index contributed by atoms with van der Waals surface area (Å²) in [7, 11) is 2.14. The largest absolute Gasteiger partial charge is 0.508 e. The number of pyridine rings is 1. The first kappa shape index (κ1) is 16.8. The van der Waals surface area contributed by atoms with Crippen LogP contribution < -0.4 is 10.5 Å². The van der Waals surface area contributed by atoms with Crippen LogP contribution in [0.5, 0.6) is 5.75 Å². The van der Waals surface area contributed by atoms with E-state index in [1.54, 1.807) is 30.5 Å². The number of fused-ring (bicyclic) bond motifs is 3. The van der Waals surface area contributed by atoms with Crippen LogP contribution in [0.2, 0.25) is 0 Å². The van der Waals surface area contributed by atoms with Gasteiger partial charge in [-0.15, -0.1) is 0 Å². The van der Waals surface area contributed by atoms with Gasteiger partial charge in [-0.05, 0) is 49.5 Å². The first-order chi connectivity index (χ1) is 13.6. The summed E-state index contributed by atoms with van der Waals surface area (Å²) in [5, 5.41) is 14.2. The van der Waals surface area contributed by atoms with Crippen LogP contribution in [-0.4, -0.2) is 58.0 Å². The Bertz CT molecular complexity index is 1220. The minimum Gasteiger partial charge on any atom is -0.508 e. The summed E-state index contributed by atoms with van der Waals surface area (Å²) >= 11 is 0. The minimum atomic E-state index is -0.153. The molecule has 0 bridgehead atoms. The Labute approximate surface area is 161 Å². The average Bonchev–Trinajstić information content (AvgIpc) is 3.06. The van der Waals surface area contributed by atoms with E-state index >= 15 is 0 Å². The van der Waals surface area contributed by atoms with Gasteiger partial charge in [0.1, 0.15) is 5.75 Å². The third-order valence-corrected chi connectivity index (χ3v) is 5.48. The Balaban J connectivity index is 1.66. The summed E-state index contributed by atoms with van der Waals surface area (Å²) in [6.45, 7) is 4.04. The van der Waals surface area contributed by atoms with Crippen molar-refractivity contribution in [3.8, 4) is 11.4 Å². The SMILES string of the molecule is CN1CCN(c2ccc3ncc4c(=O)n(-c5ccc(O)cc5)[nH]c4c3c2)CC1.